The summed E-state index contributed by atoms with van der Waals surface area (Å²) in [5.74, 6) is 1.44. The molecular weight excluding hydrogens is 334 g/mol. The van der Waals surface area contributed by atoms with Gasteiger partial charge in [0, 0.05) is 36.5 Å². The number of aromatic nitrogens is 4. The third-order valence-electron chi connectivity index (χ3n) is 4.89. The summed E-state index contributed by atoms with van der Waals surface area (Å²) in [6, 6.07) is 5.91. The van der Waals surface area contributed by atoms with Crippen molar-refractivity contribution in [1.82, 2.24) is 24.5 Å². The number of hydrogen-bond donors (Lipinski definition) is 0. The number of thiazole rings is 1. The monoisotopic (exact) mass is 355 g/mol. The normalized spacial score (nSPS) is 18.0. The molecule has 130 valence electrons. The average molecular weight is 355 g/mol. The highest BCUT2D eigenvalue weighted by molar-refractivity contribution is 7.09. The van der Waals surface area contributed by atoms with Crippen LogP contribution in [0.1, 0.15) is 41.6 Å². The lowest BCUT2D eigenvalue weighted by Crippen LogP contribution is -2.39. The highest BCUT2D eigenvalue weighted by Crippen LogP contribution is 2.26. The van der Waals surface area contributed by atoms with Crippen molar-refractivity contribution in [1.29, 1.82) is 0 Å². The van der Waals surface area contributed by atoms with Gasteiger partial charge in [0.05, 0.1) is 11.2 Å². The molecule has 0 N–H and O–H groups in total. The van der Waals surface area contributed by atoms with Crippen molar-refractivity contribution in [3.63, 3.8) is 0 Å². The Hall–Kier alpha value is -2.28. The smallest absolute Gasteiger partial charge is 0.222 e. The molecule has 3 aromatic rings. The second-order valence-corrected chi connectivity index (χ2v) is 7.47. The van der Waals surface area contributed by atoms with Crippen molar-refractivity contribution in [3.8, 4) is 0 Å². The number of hydrogen-bond acceptors (Lipinski definition) is 5. The third-order valence-corrected chi connectivity index (χ3v) is 5.88. The average Bonchev–Trinajstić information content (AvgIpc) is 3.26. The van der Waals surface area contributed by atoms with E-state index < -0.39 is 0 Å². The number of rotatable bonds is 4. The molecule has 1 aliphatic heterocycles. The summed E-state index contributed by atoms with van der Waals surface area (Å²) in [5.41, 5.74) is 3.76. The molecule has 0 saturated carbocycles. The molecule has 1 saturated heterocycles. The minimum Gasteiger partial charge on any atom is -0.342 e. The van der Waals surface area contributed by atoms with Crippen molar-refractivity contribution in [2.24, 2.45) is 0 Å². The van der Waals surface area contributed by atoms with Crippen LogP contribution in [0.25, 0.3) is 5.65 Å². The summed E-state index contributed by atoms with van der Waals surface area (Å²) >= 11 is 1.63. The van der Waals surface area contributed by atoms with Gasteiger partial charge in [0.2, 0.25) is 5.91 Å². The van der Waals surface area contributed by atoms with Gasteiger partial charge in [0.15, 0.2) is 5.65 Å². The molecule has 0 spiro atoms. The zero-order valence-electron chi connectivity index (χ0n) is 14.3. The molecular formula is C18H21N5OS. The standard InChI is InChI=1S/C18H21N5OS/c1-13-15(25-12-19-13)7-8-17(24)22-9-4-5-14(11-22)18-21-20-16-6-2-3-10-23(16)18/h2-3,6,10,12,14H,4-5,7-9,11H2,1H3/t14-/m1/s1. The van der Waals surface area contributed by atoms with E-state index in [1.54, 1.807) is 11.3 Å². The SMILES string of the molecule is Cc1ncsc1CCC(=O)N1CCC[C@@H](c2nnc3ccccn23)C1. The maximum Gasteiger partial charge on any atom is 0.222 e. The summed E-state index contributed by atoms with van der Waals surface area (Å²) in [7, 11) is 0. The Bertz CT molecular complexity index is 886. The Balaban J connectivity index is 1.44. The molecule has 0 bridgehead atoms. The molecule has 0 unspecified atom stereocenters. The van der Waals surface area contributed by atoms with Crippen LogP contribution in [0.5, 0.6) is 0 Å². The number of nitrogens with zero attached hydrogens (tertiary/aromatic N) is 5. The number of amides is 1. The summed E-state index contributed by atoms with van der Waals surface area (Å²) < 4.78 is 2.04. The number of piperidine rings is 1. The van der Waals surface area contributed by atoms with E-state index in [1.165, 1.54) is 4.88 Å². The van der Waals surface area contributed by atoms with Crippen LogP contribution in [0, 0.1) is 6.92 Å². The lowest BCUT2D eigenvalue weighted by molar-refractivity contribution is -0.132. The molecule has 1 fully saturated rings. The Morgan fingerprint density at radius 1 is 1.36 bits per heavy atom. The lowest BCUT2D eigenvalue weighted by atomic mass is 9.96. The third kappa shape index (κ3) is 3.28. The van der Waals surface area contributed by atoms with Crippen molar-refractivity contribution in [3.05, 3.63) is 46.3 Å². The minimum absolute atomic E-state index is 0.228. The van der Waals surface area contributed by atoms with E-state index >= 15 is 0 Å². The summed E-state index contributed by atoms with van der Waals surface area (Å²) in [5, 5.41) is 8.63. The molecule has 1 amide bonds. The number of aryl methyl sites for hydroxylation is 2. The second-order valence-electron chi connectivity index (χ2n) is 6.53. The molecule has 0 radical (unpaired) electrons. The molecule has 0 aliphatic carbocycles. The number of pyridine rings is 1. The fourth-order valence-corrected chi connectivity index (χ4v) is 4.28. The van der Waals surface area contributed by atoms with Crippen LogP contribution >= 0.6 is 11.3 Å². The van der Waals surface area contributed by atoms with Gasteiger partial charge < -0.3 is 4.90 Å². The van der Waals surface area contributed by atoms with E-state index in [0.717, 1.165) is 49.5 Å². The molecule has 4 rings (SSSR count). The topological polar surface area (TPSA) is 63.4 Å². The van der Waals surface area contributed by atoms with Gasteiger partial charge in [-0.15, -0.1) is 21.5 Å². The molecule has 4 heterocycles. The first-order valence-electron chi connectivity index (χ1n) is 8.69. The summed E-state index contributed by atoms with van der Waals surface area (Å²) in [6.45, 7) is 3.58. The Kier molecular flexibility index (Phi) is 4.48. The summed E-state index contributed by atoms with van der Waals surface area (Å²) in [4.78, 5) is 20.1. The molecule has 3 aromatic heterocycles. The minimum atomic E-state index is 0.228. The van der Waals surface area contributed by atoms with E-state index in [2.05, 4.69) is 15.2 Å². The molecule has 7 heteroatoms. The highest BCUT2D eigenvalue weighted by Gasteiger charge is 2.27. The predicted octanol–water partition coefficient (Wildman–Crippen LogP) is 2.83. The van der Waals surface area contributed by atoms with E-state index in [-0.39, 0.29) is 11.8 Å². The van der Waals surface area contributed by atoms with E-state index in [9.17, 15) is 4.79 Å². The quantitative estimate of drug-likeness (QED) is 0.722. The van der Waals surface area contributed by atoms with Gasteiger partial charge in [0.1, 0.15) is 5.82 Å². The zero-order valence-corrected chi connectivity index (χ0v) is 15.1. The van der Waals surface area contributed by atoms with Gasteiger partial charge >= 0.3 is 0 Å². The van der Waals surface area contributed by atoms with Gasteiger partial charge in [-0.1, -0.05) is 6.07 Å². The van der Waals surface area contributed by atoms with Gasteiger partial charge in [-0.25, -0.2) is 4.98 Å². The molecule has 0 aromatic carbocycles. The Morgan fingerprint density at radius 3 is 3.12 bits per heavy atom. The van der Waals surface area contributed by atoms with Crippen LogP contribution in [-0.2, 0) is 11.2 Å². The van der Waals surface area contributed by atoms with Gasteiger partial charge in [-0.2, -0.15) is 0 Å². The Labute approximate surface area is 150 Å². The fraction of sp³-hybridized carbons (Fsp3) is 0.444. The van der Waals surface area contributed by atoms with Gasteiger partial charge in [0.25, 0.3) is 0 Å². The number of fused-ring (bicyclic) bond motifs is 1. The maximum atomic E-state index is 12.7. The van der Waals surface area contributed by atoms with E-state index in [4.69, 9.17) is 0 Å². The molecule has 25 heavy (non-hydrogen) atoms. The van der Waals surface area contributed by atoms with Crippen LogP contribution in [-0.4, -0.2) is 43.5 Å². The highest BCUT2D eigenvalue weighted by atomic mass is 32.1. The first-order chi connectivity index (χ1) is 12.2. The van der Waals surface area contributed by atoms with Crippen LogP contribution in [0.2, 0.25) is 0 Å². The predicted molar refractivity (Wildman–Crippen MR) is 96.7 cm³/mol. The molecule has 1 aliphatic rings. The summed E-state index contributed by atoms with van der Waals surface area (Å²) in [6.07, 6.45) is 5.39. The second kappa shape index (κ2) is 6.92. The van der Waals surface area contributed by atoms with Crippen LogP contribution < -0.4 is 0 Å². The zero-order chi connectivity index (χ0) is 17.2. The number of carbonyl (C=O) groups excluding carboxylic acids is 1. The van der Waals surface area contributed by atoms with Crippen LogP contribution in [0.15, 0.2) is 29.9 Å². The van der Waals surface area contributed by atoms with Crippen molar-refractivity contribution in [2.45, 2.75) is 38.5 Å². The first-order valence-corrected chi connectivity index (χ1v) is 9.57. The lowest BCUT2D eigenvalue weighted by Gasteiger charge is -2.32. The maximum absolute atomic E-state index is 12.7. The molecule has 1 atom stereocenters. The largest absolute Gasteiger partial charge is 0.342 e. The van der Waals surface area contributed by atoms with Crippen molar-refractivity contribution >= 4 is 22.9 Å². The number of carbonyl (C=O) groups is 1. The van der Waals surface area contributed by atoms with Gasteiger partial charge in [-0.05, 0) is 38.3 Å². The number of likely N-dealkylation sites (tertiary alicyclic amines) is 1. The van der Waals surface area contributed by atoms with Crippen LogP contribution in [0.4, 0.5) is 0 Å². The van der Waals surface area contributed by atoms with Crippen molar-refractivity contribution < 1.29 is 4.79 Å². The van der Waals surface area contributed by atoms with E-state index in [1.807, 2.05) is 46.1 Å². The van der Waals surface area contributed by atoms with Crippen molar-refractivity contribution in [2.75, 3.05) is 13.1 Å². The van der Waals surface area contributed by atoms with E-state index in [0.29, 0.717) is 6.42 Å². The van der Waals surface area contributed by atoms with Gasteiger partial charge in [-0.3, -0.25) is 9.20 Å². The Morgan fingerprint density at radius 2 is 2.28 bits per heavy atom. The molecule has 6 nitrogen and oxygen atoms in total. The fourth-order valence-electron chi connectivity index (χ4n) is 3.50. The first kappa shape index (κ1) is 16.2. The van der Waals surface area contributed by atoms with Crippen LogP contribution in [0.3, 0.4) is 0 Å².